The third-order valence-electron chi connectivity index (χ3n) is 3.04. The minimum Gasteiger partial charge on any atom is -0.465 e. The second-order valence-corrected chi connectivity index (χ2v) is 4.36. The second-order valence-electron chi connectivity index (χ2n) is 4.36. The minimum absolute atomic E-state index is 0.184. The van der Waals surface area contributed by atoms with E-state index < -0.39 is 12.5 Å². The zero-order chi connectivity index (χ0) is 14.0. The van der Waals surface area contributed by atoms with Crippen LogP contribution in [0.2, 0.25) is 0 Å². The zero-order valence-corrected chi connectivity index (χ0v) is 10.3. The average molecular weight is 269 g/mol. The van der Waals surface area contributed by atoms with Crippen molar-refractivity contribution in [1.29, 1.82) is 0 Å². The maximum Gasteiger partial charge on any atom is 0.407 e. The Kier molecular flexibility index (Phi) is 3.73. The second kappa shape index (κ2) is 5.29. The molecule has 0 bridgehead atoms. The van der Waals surface area contributed by atoms with E-state index in [1.165, 1.54) is 4.90 Å². The molecule has 102 valence electrons. The van der Waals surface area contributed by atoms with Gasteiger partial charge in [0.2, 0.25) is 0 Å². The summed E-state index contributed by atoms with van der Waals surface area (Å²) >= 11 is 0. The molecule has 0 unspecified atom stereocenters. The molecule has 1 aromatic rings. The first kappa shape index (κ1) is 13.4. The molecule has 0 aliphatic carbocycles. The molecule has 1 atom stereocenters. The van der Waals surface area contributed by atoms with Gasteiger partial charge in [-0.3, -0.25) is 0 Å². The van der Waals surface area contributed by atoms with Crippen LogP contribution < -0.4 is 0 Å². The fourth-order valence-electron chi connectivity index (χ4n) is 1.97. The Morgan fingerprint density at radius 3 is 2.58 bits per heavy atom. The maximum absolute atomic E-state index is 12.4. The predicted molar refractivity (Wildman–Crippen MR) is 63.8 cm³/mol. The van der Waals surface area contributed by atoms with Crippen LogP contribution >= 0.6 is 0 Å². The highest BCUT2D eigenvalue weighted by atomic mass is 19.3. The summed E-state index contributed by atoms with van der Waals surface area (Å²) in [6.07, 6.45) is 0.822. The molecule has 2 heterocycles. The van der Waals surface area contributed by atoms with Gasteiger partial charge >= 0.3 is 6.09 Å². The number of halogens is 2. The number of alkyl halides is 2. The van der Waals surface area contributed by atoms with E-state index in [1.54, 1.807) is 13.0 Å². The van der Waals surface area contributed by atoms with E-state index in [2.05, 4.69) is 9.97 Å². The number of carbonyl (C=O) groups is 1. The first-order valence-corrected chi connectivity index (χ1v) is 5.78. The van der Waals surface area contributed by atoms with Crippen LogP contribution in [0.1, 0.15) is 31.2 Å². The van der Waals surface area contributed by atoms with Crippen molar-refractivity contribution in [3.05, 3.63) is 29.9 Å². The normalized spacial score (nSPS) is 19.5. The lowest BCUT2D eigenvalue weighted by Crippen LogP contribution is -2.40. The molecule has 1 N–H and O–H groups in total. The average Bonchev–Trinajstić information content (AvgIpc) is 2.38. The molecular formula is C12H13F2N3O2. The molecule has 1 aliphatic rings. The molecule has 0 fully saturated rings. The van der Waals surface area contributed by atoms with Gasteiger partial charge in [0.05, 0.1) is 5.56 Å². The van der Waals surface area contributed by atoms with Gasteiger partial charge < -0.3 is 10.0 Å². The lowest BCUT2D eigenvalue weighted by atomic mass is 10.0. The molecule has 19 heavy (non-hydrogen) atoms. The molecule has 1 amide bonds. The molecule has 1 aromatic heterocycles. The van der Waals surface area contributed by atoms with Crippen LogP contribution in [0.15, 0.2) is 18.5 Å². The molecule has 0 saturated heterocycles. The fourth-order valence-corrected chi connectivity index (χ4v) is 1.97. The SMILES string of the molecule is C[C@H]1CC(c2ncc(C(F)F)cn2)=CCN1C(=O)O. The Morgan fingerprint density at radius 1 is 1.47 bits per heavy atom. The van der Waals surface area contributed by atoms with Crippen molar-refractivity contribution in [2.75, 3.05) is 6.54 Å². The van der Waals surface area contributed by atoms with Gasteiger partial charge in [-0.05, 0) is 18.9 Å². The standard InChI is InChI=1S/C12H13F2N3O2/c1-7-4-8(2-3-17(7)12(18)19)11-15-5-9(6-16-11)10(13)14/h2,5-7,10H,3-4H2,1H3,(H,18,19)/t7-/m0/s1. The molecule has 5 nitrogen and oxygen atoms in total. The van der Waals surface area contributed by atoms with E-state index in [9.17, 15) is 13.6 Å². The summed E-state index contributed by atoms with van der Waals surface area (Å²) in [7, 11) is 0. The zero-order valence-electron chi connectivity index (χ0n) is 10.3. The molecule has 7 heteroatoms. The Morgan fingerprint density at radius 2 is 2.11 bits per heavy atom. The number of hydrogen-bond donors (Lipinski definition) is 1. The first-order chi connectivity index (χ1) is 8.99. The summed E-state index contributed by atoms with van der Waals surface area (Å²) in [4.78, 5) is 20.0. The van der Waals surface area contributed by atoms with E-state index in [0.717, 1.165) is 18.0 Å². The lowest BCUT2D eigenvalue weighted by molar-refractivity contribution is 0.133. The van der Waals surface area contributed by atoms with Crippen molar-refractivity contribution in [3.8, 4) is 0 Å². The first-order valence-electron chi connectivity index (χ1n) is 5.78. The Hall–Kier alpha value is -2.05. The molecular weight excluding hydrogens is 256 g/mol. The van der Waals surface area contributed by atoms with Crippen molar-refractivity contribution in [3.63, 3.8) is 0 Å². The van der Waals surface area contributed by atoms with Crippen LogP contribution in [-0.2, 0) is 0 Å². The summed E-state index contributed by atoms with van der Waals surface area (Å²) in [6, 6.07) is -0.184. The van der Waals surface area contributed by atoms with Crippen LogP contribution in [-0.4, -0.2) is 38.7 Å². The number of nitrogens with zero attached hydrogens (tertiary/aromatic N) is 3. The molecule has 0 aromatic carbocycles. The highest BCUT2D eigenvalue weighted by Crippen LogP contribution is 2.25. The third kappa shape index (κ3) is 2.86. The quantitative estimate of drug-likeness (QED) is 0.896. The van der Waals surface area contributed by atoms with Gasteiger partial charge in [0.1, 0.15) is 0 Å². The van der Waals surface area contributed by atoms with Crippen molar-refractivity contribution >= 4 is 11.7 Å². The number of carboxylic acid groups (broad SMARTS) is 1. The summed E-state index contributed by atoms with van der Waals surface area (Å²) in [5.74, 6) is 0.376. The van der Waals surface area contributed by atoms with Gasteiger partial charge in [-0.15, -0.1) is 0 Å². The highest BCUT2D eigenvalue weighted by Gasteiger charge is 2.25. The minimum atomic E-state index is -2.59. The van der Waals surface area contributed by atoms with Gasteiger partial charge in [0.15, 0.2) is 5.82 Å². The Bertz CT molecular complexity index is 502. The molecule has 2 rings (SSSR count). The van der Waals surface area contributed by atoms with Crippen LogP contribution in [0.5, 0.6) is 0 Å². The molecule has 0 spiro atoms. The number of rotatable bonds is 2. The fraction of sp³-hybridized carbons (Fsp3) is 0.417. The molecule has 0 radical (unpaired) electrons. The molecule has 1 aliphatic heterocycles. The van der Waals surface area contributed by atoms with Gasteiger partial charge in [0.25, 0.3) is 6.43 Å². The van der Waals surface area contributed by atoms with Gasteiger partial charge in [0, 0.05) is 25.0 Å². The van der Waals surface area contributed by atoms with Crippen molar-refractivity contribution < 1.29 is 18.7 Å². The van der Waals surface area contributed by atoms with Crippen molar-refractivity contribution in [2.24, 2.45) is 0 Å². The number of amides is 1. The largest absolute Gasteiger partial charge is 0.465 e. The van der Waals surface area contributed by atoms with E-state index in [1.807, 2.05) is 0 Å². The summed E-state index contributed by atoms with van der Waals surface area (Å²) in [5, 5.41) is 8.95. The number of aromatic nitrogens is 2. The van der Waals surface area contributed by atoms with E-state index in [0.29, 0.717) is 12.2 Å². The topological polar surface area (TPSA) is 66.3 Å². The smallest absolute Gasteiger partial charge is 0.407 e. The molecule has 0 saturated carbocycles. The summed E-state index contributed by atoms with van der Waals surface area (Å²) in [5.41, 5.74) is 0.561. The number of hydrogen-bond acceptors (Lipinski definition) is 3. The van der Waals surface area contributed by atoms with Crippen LogP contribution in [0.25, 0.3) is 5.57 Å². The van der Waals surface area contributed by atoms with Crippen LogP contribution in [0.4, 0.5) is 13.6 Å². The van der Waals surface area contributed by atoms with E-state index in [4.69, 9.17) is 5.11 Å². The monoisotopic (exact) mass is 269 g/mol. The van der Waals surface area contributed by atoms with Crippen molar-refractivity contribution in [1.82, 2.24) is 14.9 Å². The van der Waals surface area contributed by atoms with Crippen LogP contribution in [0, 0.1) is 0 Å². The lowest BCUT2D eigenvalue weighted by Gasteiger charge is -2.30. The van der Waals surface area contributed by atoms with Gasteiger partial charge in [-0.1, -0.05) is 6.08 Å². The highest BCUT2D eigenvalue weighted by molar-refractivity contribution is 5.69. The van der Waals surface area contributed by atoms with Gasteiger partial charge in [-0.25, -0.2) is 23.5 Å². The Balaban J connectivity index is 2.17. The Labute approximate surface area is 108 Å². The summed E-state index contributed by atoms with van der Waals surface area (Å²) in [6.45, 7) is 2.04. The summed E-state index contributed by atoms with van der Waals surface area (Å²) < 4.78 is 24.8. The predicted octanol–water partition coefficient (Wildman–Crippen LogP) is 2.57. The third-order valence-corrected chi connectivity index (χ3v) is 3.04. The van der Waals surface area contributed by atoms with Crippen LogP contribution in [0.3, 0.4) is 0 Å². The van der Waals surface area contributed by atoms with Gasteiger partial charge in [-0.2, -0.15) is 0 Å². The van der Waals surface area contributed by atoms with Crippen molar-refractivity contribution in [2.45, 2.75) is 25.8 Å². The maximum atomic E-state index is 12.4. The van der Waals surface area contributed by atoms with E-state index in [-0.39, 0.29) is 18.2 Å². The van der Waals surface area contributed by atoms with E-state index >= 15 is 0 Å².